The zero-order valence-corrected chi connectivity index (χ0v) is 14.9. The van der Waals surface area contributed by atoms with Crippen LogP contribution in [0.5, 0.6) is 5.75 Å². The summed E-state index contributed by atoms with van der Waals surface area (Å²) in [6.07, 6.45) is 6.65. The van der Waals surface area contributed by atoms with Crippen LogP contribution in [-0.2, 0) is 4.79 Å². The number of esters is 1. The third-order valence-corrected chi connectivity index (χ3v) is 5.32. The maximum atomic E-state index is 11.7. The molecule has 1 aliphatic carbocycles. The van der Waals surface area contributed by atoms with Gasteiger partial charge in [0.25, 0.3) is 0 Å². The summed E-state index contributed by atoms with van der Waals surface area (Å²) >= 11 is 0. The Labute approximate surface area is 150 Å². The summed E-state index contributed by atoms with van der Waals surface area (Å²) in [5, 5.41) is 0.814. The predicted octanol–water partition coefficient (Wildman–Crippen LogP) is 4.19. The largest absolute Gasteiger partial charge is 0.424 e. The van der Waals surface area contributed by atoms with Gasteiger partial charge < -0.3 is 9.30 Å². The van der Waals surface area contributed by atoms with Gasteiger partial charge in [0.1, 0.15) is 16.9 Å². The summed E-state index contributed by atoms with van der Waals surface area (Å²) in [6, 6.07) is 8.41. The van der Waals surface area contributed by atoms with E-state index in [0.717, 1.165) is 46.4 Å². The Morgan fingerprint density at radius 1 is 1.15 bits per heavy atom. The third kappa shape index (κ3) is 2.14. The first-order chi connectivity index (χ1) is 12.6. The number of hydrogen-bond donors (Lipinski definition) is 0. The monoisotopic (exact) mass is 348 g/mol. The lowest BCUT2D eigenvalue weighted by atomic mass is 10.2. The van der Waals surface area contributed by atoms with Crippen molar-refractivity contribution in [1.29, 1.82) is 0 Å². The fourth-order valence-electron chi connectivity index (χ4n) is 4.23. The number of aryl methyl sites for hydroxylation is 1. The average Bonchev–Trinajstić information content (AvgIpc) is 3.31. The number of para-hydroxylation sites is 2. The Morgan fingerprint density at radius 3 is 2.69 bits per heavy atom. The van der Waals surface area contributed by atoms with Crippen molar-refractivity contribution in [1.82, 2.24) is 18.9 Å². The molecule has 3 heterocycles. The zero-order valence-electron chi connectivity index (χ0n) is 14.9. The fraction of sp³-hybridized carbons (Fsp3) is 0.350. The van der Waals surface area contributed by atoms with E-state index in [-0.39, 0.29) is 5.97 Å². The van der Waals surface area contributed by atoms with Crippen molar-refractivity contribution in [2.24, 2.45) is 0 Å². The molecule has 0 atom stereocenters. The predicted molar refractivity (Wildman–Crippen MR) is 99.5 cm³/mol. The van der Waals surface area contributed by atoms with Crippen molar-refractivity contribution in [2.75, 3.05) is 0 Å². The second-order valence-corrected chi connectivity index (χ2v) is 7.05. The van der Waals surface area contributed by atoms with Crippen LogP contribution >= 0.6 is 0 Å². The van der Waals surface area contributed by atoms with Crippen molar-refractivity contribution >= 4 is 33.7 Å². The number of aromatic nitrogens is 4. The SMILES string of the molecule is CC(=O)Oc1cn(C2CCCC2)c2nc(C)n3c4ccccc4nc3c12. The van der Waals surface area contributed by atoms with E-state index in [9.17, 15) is 4.79 Å². The van der Waals surface area contributed by atoms with Crippen LogP contribution in [0.25, 0.3) is 27.7 Å². The molecule has 132 valence electrons. The Kier molecular flexibility index (Phi) is 3.29. The minimum Gasteiger partial charge on any atom is -0.424 e. The van der Waals surface area contributed by atoms with E-state index in [1.165, 1.54) is 19.8 Å². The van der Waals surface area contributed by atoms with Crippen LogP contribution in [0.4, 0.5) is 0 Å². The lowest BCUT2D eigenvalue weighted by Crippen LogP contribution is -2.05. The highest BCUT2D eigenvalue weighted by atomic mass is 16.5. The van der Waals surface area contributed by atoms with Gasteiger partial charge in [0.2, 0.25) is 0 Å². The van der Waals surface area contributed by atoms with Crippen molar-refractivity contribution in [3.63, 3.8) is 0 Å². The van der Waals surface area contributed by atoms with Crippen molar-refractivity contribution in [3.05, 3.63) is 36.3 Å². The van der Waals surface area contributed by atoms with Gasteiger partial charge in [-0.15, -0.1) is 0 Å². The van der Waals surface area contributed by atoms with E-state index in [4.69, 9.17) is 14.7 Å². The van der Waals surface area contributed by atoms with Crippen LogP contribution in [0, 0.1) is 6.92 Å². The third-order valence-electron chi connectivity index (χ3n) is 5.32. The first-order valence-electron chi connectivity index (χ1n) is 9.10. The number of carbonyl (C=O) groups excluding carboxylic acids is 1. The van der Waals surface area contributed by atoms with E-state index in [1.807, 2.05) is 41.8 Å². The normalized spacial score (nSPS) is 15.5. The fourth-order valence-corrected chi connectivity index (χ4v) is 4.23. The molecule has 0 amide bonds. The first kappa shape index (κ1) is 15.4. The molecule has 4 aromatic rings. The Balaban J connectivity index is 1.91. The van der Waals surface area contributed by atoms with Crippen molar-refractivity contribution in [2.45, 2.75) is 45.6 Å². The molecule has 1 aliphatic rings. The van der Waals surface area contributed by atoms with E-state index < -0.39 is 0 Å². The highest BCUT2D eigenvalue weighted by molar-refractivity contribution is 6.00. The van der Waals surface area contributed by atoms with E-state index in [0.29, 0.717) is 11.8 Å². The van der Waals surface area contributed by atoms with Crippen LogP contribution < -0.4 is 4.74 Å². The van der Waals surface area contributed by atoms with Crippen LogP contribution in [0.2, 0.25) is 0 Å². The lowest BCUT2D eigenvalue weighted by molar-refractivity contribution is -0.131. The summed E-state index contributed by atoms with van der Waals surface area (Å²) in [7, 11) is 0. The molecule has 1 saturated carbocycles. The molecule has 1 fully saturated rings. The van der Waals surface area contributed by atoms with Gasteiger partial charge in [0.15, 0.2) is 11.4 Å². The quantitative estimate of drug-likeness (QED) is 0.510. The second kappa shape index (κ2) is 5.56. The second-order valence-electron chi connectivity index (χ2n) is 7.05. The molecule has 6 nitrogen and oxygen atoms in total. The molecule has 1 aromatic carbocycles. The molecule has 0 unspecified atom stereocenters. The summed E-state index contributed by atoms with van der Waals surface area (Å²) in [6.45, 7) is 3.43. The molecule has 26 heavy (non-hydrogen) atoms. The van der Waals surface area contributed by atoms with Crippen LogP contribution in [0.15, 0.2) is 30.5 Å². The van der Waals surface area contributed by atoms with Gasteiger partial charge in [-0.05, 0) is 31.9 Å². The first-order valence-corrected chi connectivity index (χ1v) is 9.10. The number of benzene rings is 1. The van der Waals surface area contributed by atoms with Crippen LogP contribution in [-0.4, -0.2) is 24.9 Å². The molecule has 0 N–H and O–H groups in total. The van der Waals surface area contributed by atoms with Gasteiger partial charge in [-0.2, -0.15) is 0 Å². The van der Waals surface area contributed by atoms with Crippen LogP contribution in [0.3, 0.4) is 0 Å². The van der Waals surface area contributed by atoms with Gasteiger partial charge in [0, 0.05) is 19.2 Å². The molecule has 6 heteroatoms. The maximum Gasteiger partial charge on any atom is 0.308 e. The molecule has 0 spiro atoms. The number of carbonyl (C=O) groups is 1. The minimum atomic E-state index is -0.328. The standard InChI is InChI=1S/C20H20N4O2/c1-12-21-19-18(20-22-15-9-5-6-10-16(15)24(12)20)17(26-13(2)25)11-23(19)14-7-3-4-8-14/h5-6,9-11,14H,3-4,7-8H2,1-2H3. The molecule has 0 aliphatic heterocycles. The number of imidazole rings is 1. The Hall–Kier alpha value is -2.89. The zero-order chi connectivity index (χ0) is 17.8. The molecule has 5 rings (SSSR count). The topological polar surface area (TPSA) is 61.4 Å². The molecular weight excluding hydrogens is 328 g/mol. The molecule has 0 bridgehead atoms. The number of nitrogens with zero attached hydrogens (tertiary/aromatic N) is 4. The lowest BCUT2D eigenvalue weighted by Gasteiger charge is -2.12. The number of rotatable bonds is 2. The summed E-state index contributed by atoms with van der Waals surface area (Å²) < 4.78 is 9.79. The summed E-state index contributed by atoms with van der Waals surface area (Å²) in [5.74, 6) is 1.10. The summed E-state index contributed by atoms with van der Waals surface area (Å²) in [5.41, 5.74) is 3.57. The maximum absolute atomic E-state index is 11.7. The highest BCUT2D eigenvalue weighted by Crippen LogP contribution is 2.39. The Bertz CT molecular complexity index is 1170. The smallest absolute Gasteiger partial charge is 0.308 e. The van der Waals surface area contributed by atoms with E-state index in [1.54, 1.807) is 0 Å². The molecule has 0 saturated heterocycles. The van der Waals surface area contributed by atoms with Crippen molar-refractivity contribution < 1.29 is 9.53 Å². The van der Waals surface area contributed by atoms with E-state index in [2.05, 4.69) is 4.57 Å². The molecule has 3 aromatic heterocycles. The number of fused-ring (bicyclic) bond motifs is 5. The number of ether oxygens (including phenoxy) is 1. The van der Waals surface area contributed by atoms with Crippen molar-refractivity contribution in [3.8, 4) is 5.75 Å². The number of hydrogen-bond acceptors (Lipinski definition) is 4. The van der Waals surface area contributed by atoms with Crippen LogP contribution in [0.1, 0.15) is 44.5 Å². The summed E-state index contributed by atoms with van der Waals surface area (Å²) in [4.78, 5) is 21.4. The molecular formula is C20H20N4O2. The van der Waals surface area contributed by atoms with E-state index >= 15 is 0 Å². The molecule has 0 radical (unpaired) electrons. The van der Waals surface area contributed by atoms with Gasteiger partial charge in [-0.25, -0.2) is 9.97 Å². The average molecular weight is 348 g/mol. The highest BCUT2D eigenvalue weighted by Gasteiger charge is 2.25. The van der Waals surface area contributed by atoms with Gasteiger partial charge in [-0.3, -0.25) is 9.20 Å². The minimum absolute atomic E-state index is 0.328. The Morgan fingerprint density at radius 2 is 1.92 bits per heavy atom. The van der Waals surface area contributed by atoms with Gasteiger partial charge >= 0.3 is 5.97 Å². The van der Waals surface area contributed by atoms with Gasteiger partial charge in [-0.1, -0.05) is 25.0 Å². The van der Waals surface area contributed by atoms with Gasteiger partial charge in [0.05, 0.1) is 11.0 Å².